The average molecular weight is 412 g/mol. The molecule has 0 radical (unpaired) electrons. The summed E-state index contributed by atoms with van der Waals surface area (Å²) >= 11 is 0. The highest BCUT2D eigenvalue weighted by atomic mass is 19.4. The molecule has 0 bridgehead atoms. The van der Waals surface area contributed by atoms with E-state index in [2.05, 4.69) is 4.98 Å². The molecule has 1 saturated carbocycles. The molecule has 1 aliphatic heterocycles. The fourth-order valence-electron chi connectivity index (χ4n) is 3.40. The second-order valence-electron chi connectivity index (χ2n) is 9.01. The van der Waals surface area contributed by atoms with Gasteiger partial charge in [-0.3, -0.25) is 14.6 Å². The van der Waals surface area contributed by atoms with Crippen molar-refractivity contribution in [2.75, 3.05) is 19.7 Å². The molecule has 8 heteroatoms. The van der Waals surface area contributed by atoms with Crippen molar-refractivity contribution >= 4 is 11.7 Å². The van der Waals surface area contributed by atoms with Gasteiger partial charge in [0.15, 0.2) is 12.4 Å². The van der Waals surface area contributed by atoms with E-state index >= 15 is 0 Å². The van der Waals surface area contributed by atoms with Gasteiger partial charge in [-0.25, -0.2) is 0 Å². The maximum absolute atomic E-state index is 12.9. The summed E-state index contributed by atoms with van der Waals surface area (Å²) in [6.07, 6.45) is -0.356. The van der Waals surface area contributed by atoms with Gasteiger partial charge in [-0.15, -0.1) is 0 Å². The first-order valence-corrected chi connectivity index (χ1v) is 9.97. The summed E-state index contributed by atoms with van der Waals surface area (Å²) in [5.41, 5.74) is 0.221. The summed E-state index contributed by atoms with van der Waals surface area (Å²) in [6, 6.07) is 1.30. The van der Waals surface area contributed by atoms with Crippen LogP contribution >= 0.6 is 0 Å². The molecule has 1 aromatic rings. The fourth-order valence-corrected chi connectivity index (χ4v) is 3.40. The molecule has 0 aromatic carbocycles. The van der Waals surface area contributed by atoms with E-state index in [1.54, 1.807) is 4.90 Å². The van der Waals surface area contributed by atoms with Crippen LogP contribution in [0.2, 0.25) is 0 Å². The first-order valence-electron chi connectivity index (χ1n) is 9.97. The highest BCUT2D eigenvalue weighted by molar-refractivity contribution is 5.97. The monoisotopic (exact) mass is 412 g/mol. The number of hydrogen-bond donors (Lipinski definition) is 0. The molecular weight excluding hydrogens is 385 g/mol. The van der Waals surface area contributed by atoms with Gasteiger partial charge in [0.2, 0.25) is 5.91 Å². The van der Waals surface area contributed by atoms with Crippen molar-refractivity contribution in [2.24, 2.45) is 11.3 Å². The van der Waals surface area contributed by atoms with E-state index in [0.717, 1.165) is 19.3 Å². The van der Waals surface area contributed by atoms with E-state index in [-0.39, 0.29) is 35.5 Å². The lowest BCUT2D eigenvalue weighted by Gasteiger charge is -2.38. The summed E-state index contributed by atoms with van der Waals surface area (Å²) in [5.74, 6) is -0.743. The average Bonchev–Trinajstić information content (AvgIpc) is 3.38. The largest absolute Gasteiger partial charge is 0.484 e. The van der Waals surface area contributed by atoms with Crippen LogP contribution in [-0.2, 0) is 4.79 Å². The minimum Gasteiger partial charge on any atom is -0.484 e. The second-order valence-corrected chi connectivity index (χ2v) is 9.01. The van der Waals surface area contributed by atoms with Crippen LogP contribution in [0.3, 0.4) is 0 Å². The van der Waals surface area contributed by atoms with Crippen LogP contribution in [-0.4, -0.2) is 47.4 Å². The minimum atomic E-state index is -4.46. The van der Waals surface area contributed by atoms with Crippen molar-refractivity contribution in [3.8, 4) is 5.75 Å². The molecule has 1 amide bonds. The molecular formula is C21H27F3N2O3. The zero-order valence-corrected chi connectivity index (χ0v) is 17.0. The highest BCUT2D eigenvalue weighted by Crippen LogP contribution is 2.44. The van der Waals surface area contributed by atoms with Crippen LogP contribution in [0.5, 0.6) is 5.75 Å². The number of aromatic nitrogens is 1. The number of pyridine rings is 1. The van der Waals surface area contributed by atoms with Gasteiger partial charge >= 0.3 is 6.18 Å². The van der Waals surface area contributed by atoms with E-state index in [1.165, 1.54) is 12.3 Å². The fraction of sp³-hybridized carbons (Fsp3) is 0.667. The number of likely N-dealkylation sites (tertiary alicyclic amines) is 1. The van der Waals surface area contributed by atoms with Crippen molar-refractivity contribution in [2.45, 2.75) is 58.5 Å². The summed E-state index contributed by atoms with van der Waals surface area (Å²) in [6.45, 7) is 5.70. The molecule has 1 atom stereocenters. The van der Waals surface area contributed by atoms with Crippen LogP contribution in [0.1, 0.15) is 68.4 Å². The number of nitrogens with zero attached hydrogens (tertiary/aromatic N) is 2. The van der Waals surface area contributed by atoms with Crippen molar-refractivity contribution in [1.29, 1.82) is 0 Å². The molecule has 160 valence electrons. The summed E-state index contributed by atoms with van der Waals surface area (Å²) in [5, 5.41) is 0. The number of ether oxygens (including phenoxy) is 1. The second kappa shape index (κ2) is 7.95. The summed E-state index contributed by atoms with van der Waals surface area (Å²) in [7, 11) is 0. The number of Topliss-reactive ketones (excluding diaryl/α,β-unsaturated/α-hetero) is 1. The molecule has 1 unspecified atom stereocenters. The van der Waals surface area contributed by atoms with Crippen LogP contribution in [0.4, 0.5) is 13.2 Å². The number of carbonyl (C=O) groups excluding carboxylic acids is 2. The number of alkyl halides is 3. The van der Waals surface area contributed by atoms with Crippen LogP contribution in [0.15, 0.2) is 12.3 Å². The summed E-state index contributed by atoms with van der Waals surface area (Å²) < 4.78 is 42.8. The molecule has 29 heavy (non-hydrogen) atoms. The number of ketones is 1. The lowest BCUT2D eigenvalue weighted by Crippen LogP contribution is -2.48. The zero-order chi connectivity index (χ0) is 21.4. The van der Waals surface area contributed by atoms with Gasteiger partial charge in [0.05, 0.1) is 5.92 Å². The number of amides is 1. The smallest absolute Gasteiger partial charge is 0.422 e. The lowest BCUT2D eigenvalue weighted by atomic mass is 9.76. The van der Waals surface area contributed by atoms with E-state index in [4.69, 9.17) is 4.74 Å². The number of hydrogen-bond acceptors (Lipinski definition) is 4. The van der Waals surface area contributed by atoms with Gasteiger partial charge in [0.1, 0.15) is 11.4 Å². The minimum absolute atomic E-state index is 0.0344. The van der Waals surface area contributed by atoms with Crippen molar-refractivity contribution in [1.82, 2.24) is 9.88 Å². The third kappa shape index (κ3) is 5.48. The Morgan fingerprint density at radius 1 is 1.24 bits per heavy atom. The molecule has 2 fully saturated rings. The molecule has 0 N–H and O–H groups in total. The number of carbonyl (C=O) groups is 2. The molecule has 1 saturated heterocycles. The molecule has 5 nitrogen and oxygen atoms in total. The SMILES string of the molecule is CC(C)(C)C(CC(=O)c1cc(OCC(F)(F)F)c(C2CC2)cn1)C(=O)N1CCC1. The molecule has 2 heterocycles. The van der Waals surface area contributed by atoms with Crippen LogP contribution in [0.25, 0.3) is 0 Å². The van der Waals surface area contributed by atoms with E-state index in [9.17, 15) is 22.8 Å². The number of halogens is 3. The molecule has 2 aliphatic rings. The lowest BCUT2D eigenvalue weighted by molar-refractivity contribution is -0.153. The molecule has 1 aliphatic carbocycles. The molecule has 3 rings (SSSR count). The van der Waals surface area contributed by atoms with Gasteiger partial charge in [0.25, 0.3) is 0 Å². The topological polar surface area (TPSA) is 59.5 Å². The maximum Gasteiger partial charge on any atom is 0.422 e. The van der Waals surface area contributed by atoms with E-state index in [0.29, 0.717) is 18.7 Å². The Labute approximate surface area is 168 Å². The Morgan fingerprint density at radius 3 is 2.38 bits per heavy atom. The quantitative estimate of drug-likeness (QED) is 0.624. The highest BCUT2D eigenvalue weighted by Gasteiger charge is 2.38. The Hall–Kier alpha value is -2.12. The zero-order valence-electron chi connectivity index (χ0n) is 17.0. The van der Waals surface area contributed by atoms with Crippen molar-refractivity contribution < 1.29 is 27.5 Å². The maximum atomic E-state index is 12.9. The third-order valence-electron chi connectivity index (χ3n) is 5.49. The van der Waals surface area contributed by atoms with Gasteiger partial charge in [-0.2, -0.15) is 13.2 Å². The normalized spacial score (nSPS) is 18.2. The number of rotatable bonds is 7. The van der Waals surface area contributed by atoms with Crippen molar-refractivity contribution in [3.05, 3.63) is 23.5 Å². The Morgan fingerprint density at radius 2 is 1.90 bits per heavy atom. The molecule has 0 spiro atoms. The van der Waals surface area contributed by atoms with Gasteiger partial charge < -0.3 is 9.64 Å². The van der Waals surface area contributed by atoms with Gasteiger partial charge in [-0.1, -0.05) is 20.8 Å². The Balaban J connectivity index is 1.79. The Kier molecular flexibility index (Phi) is 5.92. The van der Waals surface area contributed by atoms with Crippen LogP contribution < -0.4 is 4.74 Å². The molecule has 1 aromatic heterocycles. The first kappa shape index (κ1) is 21.6. The first-order chi connectivity index (χ1) is 13.5. The summed E-state index contributed by atoms with van der Waals surface area (Å²) in [4.78, 5) is 31.6. The van der Waals surface area contributed by atoms with Crippen LogP contribution in [0, 0.1) is 11.3 Å². The van der Waals surface area contributed by atoms with E-state index in [1.807, 2.05) is 20.8 Å². The predicted molar refractivity (Wildman–Crippen MR) is 101 cm³/mol. The standard InChI is InChI=1S/C21H27F3N2O3/c1-20(2,3)15(19(28)26-7-4-8-26)9-17(27)16-10-18(29-12-21(22,23)24)14(11-25-16)13-5-6-13/h10-11,13,15H,4-9,12H2,1-3H3. The Bertz CT molecular complexity index is 778. The van der Waals surface area contributed by atoms with Gasteiger partial charge in [-0.05, 0) is 30.6 Å². The van der Waals surface area contributed by atoms with Crippen molar-refractivity contribution in [3.63, 3.8) is 0 Å². The van der Waals surface area contributed by atoms with Gasteiger partial charge in [0, 0.05) is 37.3 Å². The van der Waals surface area contributed by atoms with E-state index < -0.39 is 24.1 Å². The predicted octanol–water partition coefficient (Wildman–Crippen LogP) is 4.37. The third-order valence-corrected chi connectivity index (χ3v) is 5.49.